The van der Waals surface area contributed by atoms with Gasteiger partial charge in [-0.25, -0.2) is 0 Å². The van der Waals surface area contributed by atoms with E-state index in [0.29, 0.717) is 12.4 Å². The third-order valence-corrected chi connectivity index (χ3v) is 4.51. The van der Waals surface area contributed by atoms with Gasteiger partial charge in [-0.05, 0) is 76.4 Å². The Labute approximate surface area is 165 Å². The van der Waals surface area contributed by atoms with Gasteiger partial charge in [-0.3, -0.25) is 15.1 Å². The van der Waals surface area contributed by atoms with E-state index in [4.69, 9.17) is 4.74 Å². The second kappa shape index (κ2) is 8.60. The van der Waals surface area contributed by atoms with Crippen molar-refractivity contribution >= 4 is 33.5 Å². The first-order valence-corrected chi connectivity index (χ1v) is 9.07. The molecular formula is C21H17BrN2O3. The lowest BCUT2D eigenvalue weighted by atomic mass is 10.2. The summed E-state index contributed by atoms with van der Waals surface area (Å²) in [4.78, 5) is 14.7. The molecule has 0 amide bonds. The summed E-state index contributed by atoms with van der Waals surface area (Å²) in [7, 11) is 0. The summed E-state index contributed by atoms with van der Waals surface area (Å²) in [6.07, 6.45) is 1.80. The number of nitrogens with zero attached hydrogens (tertiary/aromatic N) is 2. The van der Waals surface area contributed by atoms with Crippen LogP contribution in [0.3, 0.4) is 0 Å². The van der Waals surface area contributed by atoms with Gasteiger partial charge in [0.1, 0.15) is 12.4 Å². The first kappa shape index (κ1) is 18.8. The van der Waals surface area contributed by atoms with E-state index in [2.05, 4.69) is 20.9 Å². The van der Waals surface area contributed by atoms with Crippen molar-refractivity contribution in [2.24, 2.45) is 4.99 Å². The number of benzene rings is 3. The van der Waals surface area contributed by atoms with Crippen LogP contribution < -0.4 is 4.74 Å². The minimum Gasteiger partial charge on any atom is -0.488 e. The smallest absolute Gasteiger partial charge is 0.269 e. The number of nitro benzene ring substituents is 1. The van der Waals surface area contributed by atoms with Crippen molar-refractivity contribution in [3.63, 3.8) is 0 Å². The van der Waals surface area contributed by atoms with E-state index in [1.165, 1.54) is 17.7 Å². The number of rotatable bonds is 6. The summed E-state index contributed by atoms with van der Waals surface area (Å²) in [5, 5.41) is 10.7. The maximum absolute atomic E-state index is 10.7. The standard InChI is InChI=1S/C21H17BrN2O3/c1-15-2-7-18(8-3-15)23-13-17-6-11-21(20(22)12-17)27-14-16-4-9-19(10-5-16)24(25)26/h2-13H,14H2,1H3. The van der Waals surface area contributed by atoms with E-state index in [-0.39, 0.29) is 5.69 Å². The number of nitro groups is 1. The quantitative estimate of drug-likeness (QED) is 0.277. The number of aryl methyl sites for hydroxylation is 1. The molecule has 0 aromatic heterocycles. The molecule has 136 valence electrons. The zero-order valence-corrected chi connectivity index (χ0v) is 16.2. The number of hydrogen-bond acceptors (Lipinski definition) is 4. The van der Waals surface area contributed by atoms with Crippen molar-refractivity contribution in [1.29, 1.82) is 0 Å². The third kappa shape index (κ3) is 5.24. The van der Waals surface area contributed by atoms with Crippen molar-refractivity contribution in [3.05, 3.63) is 98.0 Å². The highest BCUT2D eigenvalue weighted by Crippen LogP contribution is 2.27. The van der Waals surface area contributed by atoms with Crippen LogP contribution in [0.1, 0.15) is 16.7 Å². The topological polar surface area (TPSA) is 64.7 Å². The van der Waals surface area contributed by atoms with Gasteiger partial charge in [-0.2, -0.15) is 0 Å². The second-order valence-corrected chi connectivity index (χ2v) is 6.85. The second-order valence-electron chi connectivity index (χ2n) is 6.00. The molecule has 0 aliphatic heterocycles. The van der Waals surface area contributed by atoms with E-state index in [1.54, 1.807) is 18.3 Å². The van der Waals surface area contributed by atoms with Crippen LogP contribution in [0, 0.1) is 17.0 Å². The Bertz CT molecular complexity index is 968. The molecule has 0 atom stereocenters. The number of hydrogen-bond donors (Lipinski definition) is 0. The molecule has 0 bridgehead atoms. The third-order valence-electron chi connectivity index (χ3n) is 3.89. The van der Waals surface area contributed by atoms with Crippen LogP contribution in [0.15, 0.2) is 76.2 Å². The van der Waals surface area contributed by atoms with Gasteiger partial charge in [0.15, 0.2) is 0 Å². The number of non-ortho nitro benzene ring substituents is 1. The predicted octanol–water partition coefficient (Wildman–Crippen LogP) is 6.00. The summed E-state index contributed by atoms with van der Waals surface area (Å²) in [6, 6.07) is 20.0. The average Bonchev–Trinajstić information content (AvgIpc) is 2.67. The Kier molecular flexibility index (Phi) is 5.98. The van der Waals surface area contributed by atoms with Crippen molar-refractivity contribution in [1.82, 2.24) is 0 Å². The fraction of sp³-hybridized carbons (Fsp3) is 0.0952. The molecule has 0 spiro atoms. The van der Waals surface area contributed by atoms with Crippen LogP contribution in [-0.4, -0.2) is 11.1 Å². The zero-order chi connectivity index (χ0) is 19.2. The Balaban J connectivity index is 1.64. The van der Waals surface area contributed by atoms with Crippen LogP contribution in [0.25, 0.3) is 0 Å². The highest BCUT2D eigenvalue weighted by atomic mass is 79.9. The lowest BCUT2D eigenvalue weighted by Crippen LogP contribution is -1.97. The molecular weight excluding hydrogens is 408 g/mol. The first-order chi connectivity index (χ1) is 13.0. The van der Waals surface area contributed by atoms with Crippen LogP contribution >= 0.6 is 15.9 Å². The molecule has 0 saturated carbocycles. The van der Waals surface area contributed by atoms with Gasteiger partial charge in [0.05, 0.1) is 15.1 Å². The van der Waals surface area contributed by atoms with Crippen molar-refractivity contribution < 1.29 is 9.66 Å². The molecule has 0 fully saturated rings. The van der Waals surface area contributed by atoms with E-state index < -0.39 is 4.92 Å². The van der Waals surface area contributed by atoms with Gasteiger partial charge in [0.25, 0.3) is 5.69 Å². The summed E-state index contributed by atoms with van der Waals surface area (Å²) in [5.41, 5.74) is 3.97. The maximum Gasteiger partial charge on any atom is 0.269 e. The highest BCUT2D eigenvalue weighted by Gasteiger charge is 2.06. The van der Waals surface area contributed by atoms with Gasteiger partial charge in [0.2, 0.25) is 0 Å². The van der Waals surface area contributed by atoms with Crippen LogP contribution in [-0.2, 0) is 6.61 Å². The molecule has 0 aliphatic carbocycles. The fourth-order valence-electron chi connectivity index (χ4n) is 2.37. The first-order valence-electron chi connectivity index (χ1n) is 8.28. The van der Waals surface area contributed by atoms with E-state index >= 15 is 0 Å². The normalized spacial score (nSPS) is 10.9. The largest absolute Gasteiger partial charge is 0.488 e. The summed E-state index contributed by atoms with van der Waals surface area (Å²) >= 11 is 3.51. The molecule has 27 heavy (non-hydrogen) atoms. The van der Waals surface area contributed by atoms with Gasteiger partial charge in [-0.15, -0.1) is 0 Å². The average molecular weight is 425 g/mol. The van der Waals surface area contributed by atoms with Crippen molar-refractivity contribution in [3.8, 4) is 5.75 Å². The van der Waals surface area contributed by atoms with E-state index in [9.17, 15) is 10.1 Å². The number of halogens is 1. The van der Waals surface area contributed by atoms with Crippen LogP contribution in [0.5, 0.6) is 5.75 Å². The van der Waals surface area contributed by atoms with E-state index in [1.807, 2.05) is 49.4 Å². The fourth-order valence-corrected chi connectivity index (χ4v) is 2.88. The lowest BCUT2D eigenvalue weighted by Gasteiger charge is -2.09. The Morgan fingerprint density at radius 3 is 2.41 bits per heavy atom. The molecule has 0 saturated heterocycles. The van der Waals surface area contributed by atoms with Crippen molar-refractivity contribution in [2.75, 3.05) is 0 Å². The molecule has 0 unspecified atom stereocenters. The zero-order valence-electron chi connectivity index (χ0n) is 14.6. The van der Waals surface area contributed by atoms with Gasteiger partial charge < -0.3 is 4.74 Å². The molecule has 0 radical (unpaired) electrons. The van der Waals surface area contributed by atoms with Crippen LogP contribution in [0.4, 0.5) is 11.4 Å². The van der Waals surface area contributed by atoms with Crippen LogP contribution in [0.2, 0.25) is 0 Å². The highest BCUT2D eigenvalue weighted by molar-refractivity contribution is 9.10. The maximum atomic E-state index is 10.7. The summed E-state index contributed by atoms with van der Waals surface area (Å²) in [5.74, 6) is 0.695. The molecule has 3 aromatic carbocycles. The van der Waals surface area contributed by atoms with Gasteiger partial charge in [-0.1, -0.05) is 17.7 Å². The monoisotopic (exact) mass is 424 g/mol. The van der Waals surface area contributed by atoms with Crippen molar-refractivity contribution in [2.45, 2.75) is 13.5 Å². The number of ether oxygens (including phenoxy) is 1. The molecule has 3 aromatic rings. The molecule has 5 nitrogen and oxygen atoms in total. The minimum atomic E-state index is -0.419. The molecule has 0 aliphatic rings. The number of aliphatic imine (C=N–C) groups is 1. The van der Waals surface area contributed by atoms with E-state index in [0.717, 1.165) is 21.3 Å². The SMILES string of the molecule is Cc1ccc(N=Cc2ccc(OCc3ccc([N+](=O)[O-])cc3)c(Br)c2)cc1. The molecule has 0 heterocycles. The Morgan fingerprint density at radius 1 is 1.07 bits per heavy atom. The van der Waals surface area contributed by atoms with Gasteiger partial charge in [0, 0.05) is 18.3 Å². The molecule has 3 rings (SSSR count). The predicted molar refractivity (Wildman–Crippen MR) is 110 cm³/mol. The lowest BCUT2D eigenvalue weighted by molar-refractivity contribution is -0.384. The molecule has 0 N–H and O–H groups in total. The molecule has 6 heteroatoms. The summed E-state index contributed by atoms with van der Waals surface area (Å²) < 4.78 is 6.61. The summed E-state index contributed by atoms with van der Waals surface area (Å²) in [6.45, 7) is 2.37. The Morgan fingerprint density at radius 2 is 1.78 bits per heavy atom. The minimum absolute atomic E-state index is 0.0668. The Hall–Kier alpha value is -2.99. The van der Waals surface area contributed by atoms with Gasteiger partial charge >= 0.3 is 0 Å².